The number of hydrogen-bond acceptors (Lipinski definition) is 12. The molecular weight excluding hydrogens is 814 g/mol. The predicted octanol–water partition coefficient (Wildman–Crippen LogP) is 6.44. The number of thiazole rings is 1. The number of oxime groups is 1. The Morgan fingerprint density at radius 3 is 2.14 bits per heavy atom. The molecule has 16 heteroatoms. The Morgan fingerprint density at radius 2 is 1.56 bits per heavy atom. The highest BCUT2D eigenvalue weighted by Crippen LogP contribution is 2.42. The Balaban J connectivity index is 1.17. The molecule has 7 rings (SSSR count). The van der Waals surface area contributed by atoms with Gasteiger partial charge in [0.1, 0.15) is 40.7 Å². The SMILES string of the molecule is COCCOCOc1ccc(CON=C(C(=O)N[C@@H]2C(=O)N3C(C(=O)O)=C(CCl)CS[C@@H]23)c2csc(NC(c3ccccc3)(c3ccccc3)c3ccccc3)n2)cc1. The third-order valence-corrected chi connectivity index (χ3v) is 12.0. The number of methoxy groups -OCH3 is 1. The lowest BCUT2D eigenvalue weighted by molar-refractivity contribution is -0.150. The van der Waals surface area contributed by atoms with Gasteiger partial charge in [0.05, 0.1) is 13.2 Å². The number of ether oxygens (including phenoxy) is 3. The molecule has 2 amide bonds. The summed E-state index contributed by atoms with van der Waals surface area (Å²) in [6, 6.07) is 36.2. The van der Waals surface area contributed by atoms with E-state index in [9.17, 15) is 19.5 Å². The number of aliphatic carboxylic acids is 1. The minimum atomic E-state index is -1.25. The predicted molar refractivity (Wildman–Crippen MR) is 226 cm³/mol. The van der Waals surface area contributed by atoms with E-state index in [2.05, 4.69) is 52.2 Å². The first kappa shape index (κ1) is 41.4. The summed E-state index contributed by atoms with van der Waals surface area (Å²) in [7, 11) is 1.59. The molecule has 2 atom stereocenters. The van der Waals surface area contributed by atoms with Crippen molar-refractivity contribution in [3.8, 4) is 5.75 Å². The van der Waals surface area contributed by atoms with Crippen LogP contribution in [0.3, 0.4) is 0 Å². The minimum Gasteiger partial charge on any atom is -0.477 e. The number of carbonyl (C=O) groups excluding carboxylic acids is 2. The second-order valence-corrected chi connectivity index (χ2v) is 15.5. The van der Waals surface area contributed by atoms with Crippen molar-refractivity contribution >= 4 is 63.3 Å². The van der Waals surface area contributed by atoms with Gasteiger partial charge in [-0.15, -0.1) is 34.7 Å². The monoisotopic (exact) mass is 853 g/mol. The quantitative estimate of drug-likeness (QED) is 0.0160. The van der Waals surface area contributed by atoms with Crippen LogP contribution in [0.25, 0.3) is 0 Å². The van der Waals surface area contributed by atoms with Crippen molar-refractivity contribution in [2.75, 3.05) is 44.1 Å². The number of anilines is 1. The standard InChI is InChI=1S/C43H40ClN5O8S2/c1-54-21-22-55-27-56-33-19-17-28(18-20-33)24-57-48-35(38(50)46-36-39(51)49-37(41(52)53)29(23-44)25-58-40(36)49)34-26-59-42(45-34)47-43(30-11-5-2-6-12-30,31-13-7-3-8-14-31)32-15-9-4-10-16-32/h2-20,26,36,40H,21-25,27H2,1H3,(H,45,47)(H,46,50)(H,52,53)/t36-,40+/m1/s1. The molecule has 3 heterocycles. The highest BCUT2D eigenvalue weighted by molar-refractivity contribution is 8.00. The van der Waals surface area contributed by atoms with Crippen molar-refractivity contribution in [1.29, 1.82) is 0 Å². The molecule has 0 unspecified atom stereocenters. The van der Waals surface area contributed by atoms with Crippen LogP contribution in [0.15, 0.2) is 137 Å². The summed E-state index contributed by atoms with van der Waals surface area (Å²) in [6.07, 6.45) is 0. The van der Waals surface area contributed by atoms with Gasteiger partial charge in [-0.25, -0.2) is 9.78 Å². The van der Waals surface area contributed by atoms with Crippen molar-refractivity contribution < 1.29 is 38.5 Å². The molecule has 1 saturated heterocycles. The lowest BCUT2D eigenvalue weighted by Crippen LogP contribution is -2.71. The average Bonchev–Trinajstić information content (AvgIpc) is 3.74. The van der Waals surface area contributed by atoms with Crippen molar-refractivity contribution in [1.82, 2.24) is 15.2 Å². The molecule has 2 aliphatic rings. The lowest BCUT2D eigenvalue weighted by atomic mass is 9.77. The normalized spacial score (nSPS) is 16.5. The number of carbonyl (C=O) groups is 3. The zero-order valence-electron chi connectivity index (χ0n) is 31.8. The number of nitrogens with one attached hydrogen (secondary N) is 2. The van der Waals surface area contributed by atoms with E-state index in [1.807, 2.05) is 54.6 Å². The number of aromatic nitrogens is 1. The number of β-lactam (4-membered cyclic amide) rings is 1. The number of amides is 2. The largest absolute Gasteiger partial charge is 0.477 e. The van der Waals surface area contributed by atoms with Gasteiger partial charge in [0.15, 0.2) is 17.6 Å². The highest BCUT2D eigenvalue weighted by Gasteiger charge is 2.54. The van der Waals surface area contributed by atoms with Crippen molar-refractivity contribution in [2.45, 2.75) is 23.6 Å². The summed E-state index contributed by atoms with van der Waals surface area (Å²) in [5.41, 5.74) is 3.05. The summed E-state index contributed by atoms with van der Waals surface area (Å²) in [5.74, 6) is -1.68. The molecule has 1 fully saturated rings. The van der Waals surface area contributed by atoms with E-state index in [1.54, 1.807) is 36.8 Å². The fraction of sp³-hybridized carbons (Fsp3) is 0.233. The average molecular weight is 854 g/mol. The van der Waals surface area contributed by atoms with Gasteiger partial charge in [0, 0.05) is 24.1 Å². The van der Waals surface area contributed by atoms with Crippen LogP contribution in [0, 0.1) is 0 Å². The third-order valence-electron chi connectivity index (χ3n) is 9.63. The maximum Gasteiger partial charge on any atom is 0.352 e. The summed E-state index contributed by atoms with van der Waals surface area (Å²) in [5, 5.41) is 22.2. The summed E-state index contributed by atoms with van der Waals surface area (Å²) >= 11 is 8.62. The molecule has 59 heavy (non-hydrogen) atoms. The number of carboxylic acid groups (broad SMARTS) is 1. The van der Waals surface area contributed by atoms with Crippen LogP contribution in [0.1, 0.15) is 27.9 Å². The van der Waals surface area contributed by atoms with Crippen LogP contribution in [-0.4, -0.2) is 88.7 Å². The third kappa shape index (κ3) is 9.14. The molecule has 4 aromatic carbocycles. The molecule has 0 saturated carbocycles. The first-order valence-corrected chi connectivity index (χ1v) is 21.0. The van der Waals surface area contributed by atoms with Crippen molar-refractivity contribution in [3.05, 3.63) is 160 Å². The first-order chi connectivity index (χ1) is 28.8. The van der Waals surface area contributed by atoms with Crippen LogP contribution in [0.5, 0.6) is 5.75 Å². The summed E-state index contributed by atoms with van der Waals surface area (Å²) in [6.45, 7) is 0.932. The van der Waals surface area contributed by atoms with E-state index < -0.39 is 34.7 Å². The van der Waals surface area contributed by atoms with Crippen LogP contribution >= 0.6 is 34.7 Å². The number of hydrogen-bond donors (Lipinski definition) is 3. The summed E-state index contributed by atoms with van der Waals surface area (Å²) < 4.78 is 15.9. The molecule has 0 radical (unpaired) electrons. The van der Waals surface area contributed by atoms with Crippen LogP contribution in [0.2, 0.25) is 0 Å². The number of fused-ring (bicyclic) bond motifs is 1. The topological polar surface area (TPSA) is 161 Å². The molecular formula is C43H40ClN5O8S2. The fourth-order valence-corrected chi connectivity index (χ4v) is 9.18. The molecule has 0 aliphatic carbocycles. The van der Waals surface area contributed by atoms with Crippen LogP contribution < -0.4 is 15.4 Å². The van der Waals surface area contributed by atoms with Gasteiger partial charge >= 0.3 is 5.97 Å². The number of benzene rings is 4. The van der Waals surface area contributed by atoms with Gasteiger partial charge in [0.25, 0.3) is 11.8 Å². The molecule has 1 aromatic heterocycles. The number of thioether (sulfide) groups is 1. The highest BCUT2D eigenvalue weighted by atomic mass is 35.5. The molecule has 2 aliphatic heterocycles. The van der Waals surface area contributed by atoms with Gasteiger partial charge in [-0.05, 0) is 40.0 Å². The second kappa shape index (κ2) is 19.4. The fourth-order valence-electron chi connectivity index (χ4n) is 6.75. The van der Waals surface area contributed by atoms with E-state index in [4.69, 9.17) is 35.6 Å². The van der Waals surface area contributed by atoms with Gasteiger partial charge in [-0.3, -0.25) is 14.5 Å². The zero-order valence-corrected chi connectivity index (χ0v) is 34.2. The van der Waals surface area contributed by atoms with E-state index in [1.165, 1.54) is 28.0 Å². The number of alkyl halides is 1. The van der Waals surface area contributed by atoms with E-state index in [0.29, 0.717) is 35.4 Å². The number of nitrogens with zero attached hydrogens (tertiary/aromatic N) is 3. The van der Waals surface area contributed by atoms with Gasteiger partial charge in [0.2, 0.25) is 0 Å². The number of rotatable bonds is 19. The molecule has 0 spiro atoms. The first-order valence-electron chi connectivity index (χ1n) is 18.5. The molecule has 304 valence electrons. The Hall–Kier alpha value is -5.71. The second-order valence-electron chi connectivity index (χ2n) is 13.3. The zero-order chi connectivity index (χ0) is 41.2. The van der Waals surface area contributed by atoms with Gasteiger partial charge in [-0.1, -0.05) is 108 Å². The number of carboxylic acids is 1. The van der Waals surface area contributed by atoms with Crippen LogP contribution in [-0.2, 0) is 40.8 Å². The number of halogens is 1. The Labute approximate surface area is 354 Å². The smallest absolute Gasteiger partial charge is 0.352 e. The van der Waals surface area contributed by atoms with Crippen molar-refractivity contribution in [2.24, 2.45) is 5.16 Å². The van der Waals surface area contributed by atoms with Gasteiger partial charge < -0.3 is 34.8 Å². The molecule has 3 N–H and O–H groups in total. The molecule has 13 nitrogen and oxygen atoms in total. The van der Waals surface area contributed by atoms with E-state index >= 15 is 0 Å². The minimum absolute atomic E-state index is 0.00163. The Kier molecular flexibility index (Phi) is 13.6. The van der Waals surface area contributed by atoms with E-state index in [-0.39, 0.29) is 36.4 Å². The van der Waals surface area contributed by atoms with E-state index in [0.717, 1.165) is 22.3 Å². The van der Waals surface area contributed by atoms with Crippen molar-refractivity contribution in [3.63, 3.8) is 0 Å². The maximum atomic E-state index is 14.2. The lowest BCUT2D eigenvalue weighted by Gasteiger charge is -2.49. The molecule has 5 aromatic rings. The van der Waals surface area contributed by atoms with Gasteiger partial charge in [-0.2, -0.15) is 0 Å². The summed E-state index contributed by atoms with van der Waals surface area (Å²) in [4.78, 5) is 51.5. The Morgan fingerprint density at radius 1 is 0.932 bits per heavy atom. The Bertz CT molecular complexity index is 2200. The van der Waals surface area contributed by atoms with Crippen LogP contribution in [0.4, 0.5) is 5.13 Å². The molecule has 0 bridgehead atoms. The maximum absolute atomic E-state index is 14.2.